The monoisotopic (exact) mass is 308 g/mol. The van der Waals surface area contributed by atoms with Gasteiger partial charge in [0, 0.05) is 12.2 Å². The van der Waals surface area contributed by atoms with Crippen LogP contribution in [0.3, 0.4) is 0 Å². The van der Waals surface area contributed by atoms with Crippen molar-refractivity contribution in [2.45, 2.75) is 66.4 Å². The lowest BCUT2D eigenvalue weighted by Gasteiger charge is -2.08. The van der Waals surface area contributed by atoms with E-state index in [2.05, 4.69) is 17.2 Å². The minimum absolute atomic E-state index is 0.166. The third-order valence-corrected chi connectivity index (χ3v) is 3.53. The van der Waals surface area contributed by atoms with Crippen molar-refractivity contribution in [1.29, 1.82) is 0 Å². The van der Waals surface area contributed by atoms with Gasteiger partial charge >= 0.3 is 5.97 Å². The fraction of sp³-hybridized carbons (Fsp3) is 0.647. The number of esters is 1. The van der Waals surface area contributed by atoms with Gasteiger partial charge in [0.25, 0.3) is 5.91 Å². The Hall–Kier alpha value is -1.78. The molecule has 0 saturated heterocycles. The van der Waals surface area contributed by atoms with Gasteiger partial charge in [-0.15, -0.1) is 0 Å². The van der Waals surface area contributed by atoms with E-state index in [4.69, 9.17) is 4.74 Å². The molecular weight excluding hydrogens is 280 g/mol. The first kappa shape index (κ1) is 18.3. The molecule has 0 bridgehead atoms. The summed E-state index contributed by atoms with van der Waals surface area (Å²) >= 11 is 0. The van der Waals surface area contributed by atoms with Crippen LogP contribution in [-0.2, 0) is 4.74 Å². The summed E-state index contributed by atoms with van der Waals surface area (Å²) in [6.45, 7) is 9.97. The topological polar surface area (TPSA) is 71.2 Å². The van der Waals surface area contributed by atoms with Crippen LogP contribution < -0.4 is 5.32 Å². The maximum Gasteiger partial charge on any atom is 0.340 e. The standard InChI is InChI=1S/C17H28N2O3/c1-6-7-8-9-10-18-16(20)15-12(4)14(13(5)19-15)17(21)22-11(2)3/h11,19H,6-10H2,1-5H3,(H,18,20). The fourth-order valence-electron chi connectivity index (χ4n) is 2.40. The number of nitrogens with one attached hydrogen (secondary N) is 2. The van der Waals surface area contributed by atoms with Crippen LogP contribution in [0, 0.1) is 13.8 Å². The molecule has 0 aliphatic carbocycles. The number of carbonyl (C=O) groups is 2. The van der Waals surface area contributed by atoms with Crippen LogP contribution in [0.2, 0.25) is 0 Å². The number of hydrogen-bond acceptors (Lipinski definition) is 3. The largest absolute Gasteiger partial charge is 0.459 e. The first-order chi connectivity index (χ1) is 10.4. The molecule has 22 heavy (non-hydrogen) atoms. The van der Waals surface area contributed by atoms with E-state index in [1.807, 2.05) is 0 Å². The molecule has 5 nitrogen and oxygen atoms in total. The summed E-state index contributed by atoms with van der Waals surface area (Å²) in [5.74, 6) is -0.552. The van der Waals surface area contributed by atoms with E-state index in [9.17, 15) is 9.59 Å². The number of H-pyrrole nitrogens is 1. The van der Waals surface area contributed by atoms with Gasteiger partial charge in [-0.2, -0.15) is 0 Å². The van der Waals surface area contributed by atoms with E-state index >= 15 is 0 Å². The van der Waals surface area contributed by atoms with E-state index in [-0.39, 0.29) is 18.0 Å². The van der Waals surface area contributed by atoms with Crippen molar-refractivity contribution < 1.29 is 14.3 Å². The summed E-state index contributed by atoms with van der Waals surface area (Å²) in [6, 6.07) is 0. The highest BCUT2D eigenvalue weighted by Crippen LogP contribution is 2.19. The van der Waals surface area contributed by atoms with Crippen LogP contribution in [0.4, 0.5) is 0 Å². The van der Waals surface area contributed by atoms with Gasteiger partial charge in [0.05, 0.1) is 11.7 Å². The Balaban J connectivity index is 2.72. The van der Waals surface area contributed by atoms with E-state index in [0.29, 0.717) is 29.1 Å². The average Bonchev–Trinajstić information content (AvgIpc) is 2.73. The summed E-state index contributed by atoms with van der Waals surface area (Å²) in [4.78, 5) is 27.3. The molecule has 0 saturated carbocycles. The van der Waals surface area contributed by atoms with Crippen LogP contribution in [0.15, 0.2) is 0 Å². The van der Waals surface area contributed by atoms with Gasteiger partial charge in [-0.3, -0.25) is 4.79 Å². The number of unbranched alkanes of at least 4 members (excludes halogenated alkanes) is 3. The van der Waals surface area contributed by atoms with Gasteiger partial charge in [0.1, 0.15) is 5.69 Å². The SMILES string of the molecule is CCCCCCNC(=O)c1[nH]c(C)c(C(=O)OC(C)C)c1C. The number of rotatable bonds is 8. The molecule has 124 valence electrons. The second-order valence-corrected chi connectivity index (χ2v) is 5.90. The molecule has 1 rings (SSSR count). The zero-order valence-corrected chi connectivity index (χ0v) is 14.3. The van der Waals surface area contributed by atoms with Crippen LogP contribution in [-0.4, -0.2) is 29.5 Å². The summed E-state index contributed by atoms with van der Waals surface area (Å²) in [5.41, 5.74) is 2.22. The van der Waals surface area contributed by atoms with Gasteiger partial charge in [-0.05, 0) is 39.7 Å². The fourth-order valence-corrected chi connectivity index (χ4v) is 2.40. The Bertz CT molecular complexity index is 518. The van der Waals surface area contributed by atoms with Crippen molar-refractivity contribution >= 4 is 11.9 Å². The molecule has 0 aromatic carbocycles. The smallest absolute Gasteiger partial charge is 0.340 e. The molecule has 1 heterocycles. The molecule has 0 spiro atoms. The Labute approximate surface area is 132 Å². The lowest BCUT2D eigenvalue weighted by molar-refractivity contribution is 0.0376. The molecule has 0 radical (unpaired) electrons. The van der Waals surface area contributed by atoms with Gasteiger partial charge in [-0.25, -0.2) is 4.79 Å². The highest BCUT2D eigenvalue weighted by atomic mass is 16.5. The molecule has 0 atom stereocenters. The van der Waals surface area contributed by atoms with Gasteiger partial charge in [0.2, 0.25) is 0 Å². The van der Waals surface area contributed by atoms with Gasteiger partial charge < -0.3 is 15.0 Å². The molecule has 1 amide bonds. The van der Waals surface area contributed by atoms with Crippen molar-refractivity contribution in [2.75, 3.05) is 6.54 Å². The highest BCUT2D eigenvalue weighted by molar-refractivity contribution is 6.00. The third-order valence-electron chi connectivity index (χ3n) is 3.53. The van der Waals surface area contributed by atoms with Crippen LogP contribution in [0.25, 0.3) is 0 Å². The second kappa shape index (κ2) is 8.61. The quantitative estimate of drug-likeness (QED) is 0.570. The van der Waals surface area contributed by atoms with Crippen LogP contribution in [0.1, 0.15) is 78.6 Å². The van der Waals surface area contributed by atoms with E-state index < -0.39 is 0 Å². The highest BCUT2D eigenvalue weighted by Gasteiger charge is 2.23. The maximum absolute atomic E-state index is 12.2. The molecular formula is C17H28N2O3. The minimum atomic E-state index is -0.386. The van der Waals surface area contributed by atoms with Crippen LogP contribution in [0.5, 0.6) is 0 Å². The van der Waals surface area contributed by atoms with E-state index in [1.165, 1.54) is 12.8 Å². The number of aromatic amines is 1. The van der Waals surface area contributed by atoms with Gasteiger partial charge in [-0.1, -0.05) is 26.2 Å². The Kier molecular flexibility index (Phi) is 7.15. The minimum Gasteiger partial charge on any atom is -0.459 e. The van der Waals surface area contributed by atoms with Crippen molar-refractivity contribution in [2.24, 2.45) is 0 Å². The zero-order chi connectivity index (χ0) is 16.7. The molecule has 2 N–H and O–H groups in total. The lowest BCUT2D eigenvalue weighted by Crippen LogP contribution is -2.25. The van der Waals surface area contributed by atoms with Crippen molar-refractivity contribution in [3.05, 3.63) is 22.5 Å². The molecule has 0 unspecified atom stereocenters. The van der Waals surface area contributed by atoms with Crippen molar-refractivity contribution in [3.8, 4) is 0 Å². The molecule has 0 aliphatic heterocycles. The zero-order valence-electron chi connectivity index (χ0n) is 14.3. The molecule has 1 aromatic rings. The lowest BCUT2D eigenvalue weighted by atomic mass is 10.1. The predicted octanol–water partition coefficient (Wildman–Crippen LogP) is 3.51. The van der Waals surface area contributed by atoms with E-state index in [1.54, 1.807) is 27.7 Å². The molecule has 5 heteroatoms. The first-order valence-corrected chi connectivity index (χ1v) is 8.06. The summed E-state index contributed by atoms with van der Waals surface area (Å²) in [5, 5.41) is 2.90. The first-order valence-electron chi connectivity index (χ1n) is 8.06. The molecule has 1 aromatic heterocycles. The van der Waals surface area contributed by atoms with Crippen molar-refractivity contribution in [1.82, 2.24) is 10.3 Å². The number of ether oxygens (including phenoxy) is 1. The van der Waals surface area contributed by atoms with Crippen molar-refractivity contribution in [3.63, 3.8) is 0 Å². The van der Waals surface area contributed by atoms with Crippen LogP contribution >= 0.6 is 0 Å². The number of carbonyl (C=O) groups excluding carboxylic acids is 2. The Morgan fingerprint density at radius 2 is 1.86 bits per heavy atom. The second-order valence-electron chi connectivity index (χ2n) is 5.90. The number of aryl methyl sites for hydroxylation is 1. The average molecular weight is 308 g/mol. The van der Waals surface area contributed by atoms with E-state index in [0.717, 1.165) is 12.8 Å². The summed E-state index contributed by atoms with van der Waals surface area (Å²) in [7, 11) is 0. The number of hydrogen-bond donors (Lipinski definition) is 2. The Morgan fingerprint density at radius 3 is 2.45 bits per heavy atom. The Morgan fingerprint density at radius 1 is 1.18 bits per heavy atom. The molecule has 0 fully saturated rings. The number of amides is 1. The maximum atomic E-state index is 12.2. The summed E-state index contributed by atoms with van der Waals surface area (Å²) < 4.78 is 5.23. The summed E-state index contributed by atoms with van der Waals surface area (Å²) in [6.07, 6.45) is 4.26. The number of aromatic nitrogens is 1. The normalized spacial score (nSPS) is 10.8. The molecule has 0 aliphatic rings. The third kappa shape index (κ3) is 4.90. The predicted molar refractivity (Wildman–Crippen MR) is 87.3 cm³/mol. The van der Waals surface area contributed by atoms with Gasteiger partial charge in [0.15, 0.2) is 0 Å².